The Morgan fingerprint density at radius 3 is 2.70 bits per heavy atom. The maximum atomic E-state index is 6.85. The van der Waals surface area contributed by atoms with E-state index in [1.165, 1.54) is 0 Å². The van der Waals surface area contributed by atoms with E-state index in [0.717, 1.165) is 46.8 Å². The second kappa shape index (κ2) is 9.41. The Hall–Kier alpha value is -3.10. The zero-order chi connectivity index (χ0) is 22.8. The van der Waals surface area contributed by atoms with Crippen molar-refractivity contribution in [3.05, 3.63) is 71.0 Å². The van der Waals surface area contributed by atoms with Crippen molar-refractivity contribution in [3.8, 4) is 22.8 Å². The van der Waals surface area contributed by atoms with E-state index in [2.05, 4.69) is 27.5 Å². The molecule has 0 fully saturated rings. The van der Waals surface area contributed by atoms with Crippen LogP contribution < -0.4 is 10.1 Å². The van der Waals surface area contributed by atoms with Crippen molar-refractivity contribution in [2.45, 2.75) is 38.1 Å². The predicted octanol–water partition coefficient (Wildman–Crippen LogP) is 6.08. The minimum absolute atomic E-state index is 0.425. The van der Waals surface area contributed by atoms with Crippen LogP contribution in [0.3, 0.4) is 0 Å². The summed E-state index contributed by atoms with van der Waals surface area (Å²) in [5.74, 6) is 1.36. The zero-order valence-corrected chi connectivity index (χ0v) is 19.9. The molecule has 4 aromatic rings. The predicted molar refractivity (Wildman–Crippen MR) is 131 cm³/mol. The van der Waals surface area contributed by atoms with E-state index in [1.807, 2.05) is 61.5 Å². The highest BCUT2D eigenvalue weighted by atomic mass is 35.5. The molecule has 0 aliphatic carbocycles. The Balaban J connectivity index is 1.57. The molecule has 5 rings (SSSR count). The Labute approximate surface area is 201 Å². The third-order valence-corrected chi connectivity index (χ3v) is 6.66. The van der Waals surface area contributed by atoms with Crippen molar-refractivity contribution < 1.29 is 4.74 Å². The van der Waals surface area contributed by atoms with Crippen LogP contribution in [0.4, 0.5) is 5.69 Å². The highest BCUT2D eigenvalue weighted by Crippen LogP contribution is 2.41. The third kappa shape index (κ3) is 4.28. The van der Waals surface area contributed by atoms with Gasteiger partial charge in [-0.25, -0.2) is 4.68 Å². The number of ether oxygens (including phenoxy) is 1. The summed E-state index contributed by atoms with van der Waals surface area (Å²) < 4.78 is 8.13. The van der Waals surface area contributed by atoms with Crippen LogP contribution in [0.5, 0.6) is 5.88 Å². The summed E-state index contributed by atoms with van der Waals surface area (Å²) >= 11 is 8.43. The number of hydrogen-bond donors (Lipinski definition) is 1. The monoisotopic (exact) mass is 478 g/mol. The number of unbranched alkanes of at least 4 members (excludes halogenated alkanes) is 1. The van der Waals surface area contributed by atoms with Crippen molar-refractivity contribution in [3.63, 3.8) is 0 Å². The van der Waals surface area contributed by atoms with E-state index < -0.39 is 6.23 Å². The quantitative estimate of drug-likeness (QED) is 0.265. The number of nitrogens with one attached hydrogen (secondary N) is 1. The number of hydrogen-bond acceptors (Lipinski definition) is 7. The highest BCUT2D eigenvalue weighted by Gasteiger charge is 2.31. The molecule has 2 aromatic carbocycles. The Bertz CT molecular complexity index is 1280. The Morgan fingerprint density at radius 2 is 1.88 bits per heavy atom. The molecule has 0 amide bonds. The van der Waals surface area contributed by atoms with Crippen molar-refractivity contribution >= 4 is 29.1 Å². The lowest BCUT2D eigenvalue weighted by molar-refractivity contribution is 0.224. The van der Waals surface area contributed by atoms with Gasteiger partial charge in [0.15, 0.2) is 5.69 Å². The lowest BCUT2D eigenvalue weighted by Gasteiger charge is -2.19. The molecule has 0 saturated carbocycles. The number of anilines is 1. The van der Waals surface area contributed by atoms with E-state index in [-0.39, 0.29) is 0 Å². The number of fused-ring (bicyclic) bond motifs is 3. The summed E-state index contributed by atoms with van der Waals surface area (Å²) in [6, 6.07) is 17.7. The van der Waals surface area contributed by atoms with Gasteiger partial charge in [-0.05, 0) is 31.5 Å². The molecule has 0 spiro atoms. The van der Waals surface area contributed by atoms with Crippen LogP contribution >= 0.6 is 23.4 Å². The van der Waals surface area contributed by atoms with Gasteiger partial charge in [0, 0.05) is 17.0 Å². The Kier molecular flexibility index (Phi) is 6.20. The molecule has 1 N–H and O–H groups in total. The number of thioether (sulfide) groups is 1. The topological polar surface area (TPSA) is 77.8 Å². The van der Waals surface area contributed by atoms with Crippen LogP contribution in [0.25, 0.3) is 16.9 Å². The van der Waals surface area contributed by atoms with Crippen molar-refractivity contribution in [2.75, 3.05) is 11.1 Å². The van der Waals surface area contributed by atoms with Gasteiger partial charge in [-0.15, -0.1) is 10.2 Å². The number of rotatable bonds is 6. The highest BCUT2D eigenvalue weighted by molar-refractivity contribution is 7.99. The minimum atomic E-state index is -0.595. The fraction of sp³-hybridized carbons (Fsp3) is 0.250. The van der Waals surface area contributed by atoms with Crippen molar-refractivity contribution in [2.24, 2.45) is 0 Å². The summed E-state index contributed by atoms with van der Waals surface area (Å²) in [6.45, 7) is 4.09. The van der Waals surface area contributed by atoms with Crippen molar-refractivity contribution in [1.82, 2.24) is 25.0 Å². The number of aromatic nitrogens is 5. The summed E-state index contributed by atoms with van der Waals surface area (Å²) in [4.78, 5) is 4.70. The van der Waals surface area contributed by atoms with Crippen LogP contribution in [0.15, 0.2) is 59.8 Å². The fourth-order valence-corrected chi connectivity index (χ4v) is 4.93. The van der Waals surface area contributed by atoms with Gasteiger partial charge in [-0.1, -0.05) is 73.1 Å². The van der Waals surface area contributed by atoms with Gasteiger partial charge in [0.1, 0.15) is 5.15 Å². The normalized spacial score (nSPS) is 14.6. The molecule has 1 aliphatic heterocycles. The molecule has 0 saturated heterocycles. The Morgan fingerprint density at radius 1 is 1.09 bits per heavy atom. The molecule has 1 aliphatic rings. The van der Waals surface area contributed by atoms with Gasteiger partial charge in [0.25, 0.3) is 0 Å². The number of para-hydroxylation sites is 2. The molecule has 9 heteroatoms. The van der Waals surface area contributed by atoms with Crippen LogP contribution in [0, 0.1) is 6.92 Å². The minimum Gasteiger partial charge on any atom is -0.447 e. The maximum Gasteiger partial charge on any atom is 0.247 e. The molecule has 2 aromatic heterocycles. The first-order valence-electron chi connectivity index (χ1n) is 10.9. The van der Waals surface area contributed by atoms with Gasteiger partial charge in [0.2, 0.25) is 17.3 Å². The number of halogens is 1. The summed E-state index contributed by atoms with van der Waals surface area (Å²) in [7, 11) is 0. The third-order valence-electron chi connectivity index (χ3n) is 5.37. The summed E-state index contributed by atoms with van der Waals surface area (Å²) in [5.41, 5.74) is 4.74. The molecule has 1 unspecified atom stereocenters. The average molecular weight is 479 g/mol. The first-order valence-corrected chi connectivity index (χ1v) is 12.2. The molecular weight excluding hydrogens is 456 g/mol. The molecule has 7 nitrogen and oxygen atoms in total. The second-order valence-corrected chi connectivity index (χ2v) is 9.10. The van der Waals surface area contributed by atoms with E-state index >= 15 is 0 Å². The molecule has 1 atom stereocenters. The smallest absolute Gasteiger partial charge is 0.247 e. The molecule has 3 heterocycles. The van der Waals surface area contributed by atoms with Crippen LogP contribution in [0.1, 0.15) is 37.3 Å². The lowest BCUT2D eigenvalue weighted by atomic mass is 10.1. The van der Waals surface area contributed by atoms with Crippen molar-refractivity contribution in [1.29, 1.82) is 0 Å². The van der Waals surface area contributed by atoms with E-state index in [1.54, 1.807) is 16.4 Å². The lowest BCUT2D eigenvalue weighted by Crippen LogP contribution is -2.18. The first-order chi connectivity index (χ1) is 16.2. The van der Waals surface area contributed by atoms with Crippen LogP contribution in [-0.4, -0.2) is 30.7 Å². The maximum absolute atomic E-state index is 6.85. The first kappa shape index (κ1) is 21.7. The molecule has 33 heavy (non-hydrogen) atoms. The number of nitrogens with zero attached hydrogens (tertiary/aromatic N) is 5. The number of benzene rings is 2. The van der Waals surface area contributed by atoms with Crippen LogP contribution in [-0.2, 0) is 0 Å². The fourth-order valence-electron chi connectivity index (χ4n) is 3.70. The van der Waals surface area contributed by atoms with Gasteiger partial charge < -0.3 is 10.1 Å². The largest absolute Gasteiger partial charge is 0.447 e. The van der Waals surface area contributed by atoms with Gasteiger partial charge in [0.05, 0.1) is 16.9 Å². The van der Waals surface area contributed by atoms with E-state index in [0.29, 0.717) is 21.9 Å². The summed E-state index contributed by atoms with van der Waals surface area (Å²) in [5, 5.41) is 18.0. The SMILES string of the molecule is CCCCSc1nnc2c(n1)OC(c1c(C)nn(-c3ccccc3)c1Cl)Nc1ccccc1-2. The molecular formula is C24H23ClN6OS. The van der Waals surface area contributed by atoms with Gasteiger partial charge >= 0.3 is 0 Å². The van der Waals surface area contributed by atoms with E-state index in [9.17, 15) is 0 Å². The van der Waals surface area contributed by atoms with Crippen LogP contribution in [0.2, 0.25) is 5.15 Å². The standard InChI is InChI=1S/C24H23ClN6OS/c1-3-4-14-33-24-27-23-20(28-29-24)17-12-8-9-13-18(17)26-22(32-23)19-15(2)30-31(21(19)25)16-10-6-5-7-11-16/h5-13,22,26H,3-4,14H2,1-2H3. The van der Waals surface area contributed by atoms with E-state index in [4.69, 9.17) is 21.3 Å². The molecule has 0 bridgehead atoms. The second-order valence-electron chi connectivity index (χ2n) is 7.68. The summed E-state index contributed by atoms with van der Waals surface area (Å²) in [6.07, 6.45) is 1.61. The van der Waals surface area contributed by atoms with Gasteiger partial charge in [-0.2, -0.15) is 10.1 Å². The average Bonchev–Trinajstić information content (AvgIpc) is 3.04. The molecule has 0 radical (unpaired) electrons. The zero-order valence-electron chi connectivity index (χ0n) is 18.3. The molecule has 168 valence electrons. The van der Waals surface area contributed by atoms with Gasteiger partial charge in [-0.3, -0.25) is 0 Å². The number of aryl methyl sites for hydroxylation is 1.